The first-order valence-corrected chi connectivity index (χ1v) is 12.1. The number of aliphatic imine (C=N–C) groups is 2. The van der Waals surface area contributed by atoms with E-state index < -0.39 is 0 Å². The van der Waals surface area contributed by atoms with Crippen LogP contribution in [0.3, 0.4) is 0 Å². The van der Waals surface area contributed by atoms with E-state index in [9.17, 15) is 9.90 Å². The Morgan fingerprint density at radius 2 is 1.73 bits per heavy atom. The SMILES string of the molecule is C=C(C)/C=C\C(C(C)=NC(C/C(C)=C\C(C)=C/C)=NC(=C)c1ccc(OCCOC=O)cc1O)=C(C)C. The molecule has 1 aromatic rings. The standard InChI is InChI=1S/C31H40N2O4/c1-10-23(6)17-24(7)18-31(32-25(8)28(22(4)5)13-11-21(2)3)33-26(9)29-14-12-27(19-30(29)35)37-16-15-36-20-34/h10-14,17,19-20,35H,2,9,15-16,18H2,1,3-8H3/b13-11-,23-10-,24-17-,32-25?,33-31?. The molecule has 0 unspecified atom stereocenters. The Morgan fingerprint density at radius 3 is 2.30 bits per heavy atom. The van der Waals surface area contributed by atoms with Crippen LogP contribution in [0.25, 0.3) is 5.70 Å². The number of hydrogen-bond acceptors (Lipinski definition) is 5. The van der Waals surface area contributed by atoms with Gasteiger partial charge in [-0.2, -0.15) is 0 Å². The fraction of sp³-hybridized carbons (Fsp3) is 0.323. The lowest BCUT2D eigenvalue weighted by Gasteiger charge is -2.11. The van der Waals surface area contributed by atoms with Gasteiger partial charge in [0.2, 0.25) is 0 Å². The molecule has 0 aromatic heterocycles. The van der Waals surface area contributed by atoms with Crippen LogP contribution in [0.1, 0.15) is 60.5 Å². The second-order valence-electron chi connectivity index (χ2n) is 8.96. The third-order valence-corrected chi connectivity index (χ3v) is 5.21. The molecule has 1 aromatic carbocycles. The first kappa shape index (κ1) is 31.1. The number of phenolic OH excluding ortho intramolecular Hbond substituents is 1. The Bertz CT molecular complexity index is 1170. The molecule has 0 heterocycles. The number of carbonyl (C=O) groups is 1. The van der Waals surface area contributed by atoms with Gasteiger partial charge in [0.15, 0.2) is 0 Å². The number of benzene rings is 1. The van der Waals surface area contributed by atoms with E-state index in [0.29, 0.717) is 35.7 Å². The van der Waals surface area contributed by atoms with Crippen LogP contribution < -0.4 is 4.74 Å². The van der Waals surface area contributed by atoms with Crippen molar-refractivity contribution in [3.05, 3.63) is 89.1 Å². The molecule has 0 spiro atoms. The van der Waals surface area contributed by atoms with E-state index in [0.717, 1.165) is 33.6 Å². The van der Waals surface area contributed by atoms with Crippen LogP contribution in [0.5, 0.6) is 11.5 Å². The second kappa shape index (κ2) is 15.9. The molecule has 0 bridgehead atoms. The first-order valence-electron chi connectivity index (χ1n) is 12.1. The molecule has 0 atom stereocenters. The number of phenols is 1. The van der Waals surface area contributed by atoms with Gasteiger partial charge in [-0.3, -0.25) is 4.79 Å². The van der Waals surface area contributed by atoms with Gasteiger partial charge in [-0.15, -0.1) is 0 Å². The van der Waals surface area contributed by atoms with Crippen molar-refractivity contribution in [1.82, 2.24) is 0 Å². The number of hydrogen-bond donors (Lipinski definition) is 1. The molecule has 0 radical (unpaired) electrons. The van der Waals surface area contributed by atoms with E-state index in [2.05, 4.69) is 24.0 Å². The van der Waals surface area contributed by atoms with Gasteiger partial charge >= 0.3 is 0 Å². The summed E-state index contributed by atoms with van der Waals surface area (Å²) in [6.45, 7) is 22.8. The van der Waals surface area contributed by atoms with Gasteiger partial charge in [-0.1, -0.05) is 59.8 Å². The van der Waals surface area contributed by atoms with Gasteiger partial charge in [0.05, 0.1) is 5.70 Å². The van der Waals surface area contributed by atoms with Gasteiger partial charge in [0.25, 0.3) is 6.47 Å². The molecule has 0 saturated heterocycles. The maximum atomic E-state index is 10.6. The maximum absolute atomic E-state index is 10.6. The fourth-order valence-electron chi connectivity index (χ4n) is 3.32. The summed E-state index contributed by atoms with van der Waals surface area (Å²) in [5, 5.41) is 10.6. The Kier molecular flexibility index (Phi) is 13.4. The van der Waals surface area contributed by atoms with E-state index in [1.165, 1.54) is 6.07 Å². The highest BCUT2D eigenvalue weighted by Gasteiger charge is 2.10. The number of allylic oxidation sites excluding steroid dienone is 8. The summed E-state index contributed by atoms with van der Waals surface area (Å²) in [5.74, 6) is 1.00. The van der Waals surface area contributed by atoms with Crippen molar-refractivity contribution < 1.29 is 19.4 Å². The monoisotopic (exact) mass is 504 g/mol. The van der Waals surface area contributed by atoms with Crippen LogP contribution >= 0.6 is 0 Å². The van der Waals surface area contributed by atoms with Crippen molar-refractivity contribution in [3.8, 4) is 11.5 Å². The lowest BCUT2D eigenvalue weighted by molar-refractivity contribution is -0.129. The molecule has 0 amide bonds. The first-order chi connectivity index (χ1) is 17.5. The number of nitrogens with zero attached hydrogens (tertiary/aromatic N) is 2. The molecule has 198 valence electrons. The predicted octanol–water partition coefficient (Wildman–Crippen LogP) is 7.55. The number of amidine groups is 1. The zero-order valence-corrected chi connectivity index (χ0v) is 23.2. The van der Waals surface area contributed by atoms with Gasteiger partial charge in [-0.25, -0.2) is 9.98 Å². The molecule has 6 nitrogen and oxygen atoms in total. The Hall–Kier alpha value is -3.93. The van der Waals surface area contributed by atoms with E-state index in [4.69, 9.17) is 14.7 Å². The molecule has 37 heavy (non-hydrogen) atoms. The summed E-state index contributed by atoms with van der Waals surface area (Å²) in [6.07, 6.45) is 8.64. The highest BCUT2D eigenvalue weighted by Crippen LogP contribution is 2.30. The molecule has 1 N–H and O–H groups in total. The van der Waals surface area contributed by atoms with Crippen LogP contribution in [-0.2, 0) is 9.53 Å². The fourth-order valence-corrected chi connectivity index (χ4v) is 3.32. The van der Waals surface area contributed by atoms with Crippen LogP contribution in [0.2, 0.25) is 0 Å². The van der Waals surface area contributed by atoms with Crippen LogP contribution in [0.15, 0.2) is 93.5 Å². The van der Waals surface area contributed by atoms with Crippen LogP contribution in [0.4, 0.5) is 0 Å². The Balaban J connectivity index is 3.41. The second-order valence-corrected chi connectivity index (χ2v) is 8.96. The minimum Gasteiger partial charge on any atom is -0.507 e. The van der Waals surface area contributed by atoms with Gasteiger partial charge in [0.1, 0.15) is 30.5 Å². The summed E-state index contributed by atoms with van der Waals surface area (Å²) in [7, 11) is 0. The molecule has 0 aliphatic heterocycles. The average molecular weight is 505 g/mol. The third kappa shape index (κ3) is 11.6. The summed E-state index contributed by atoms with van der Waals surface area (Å²) in [4.78, 5) is 19.8. The summed E-state index contributed by atoms with van der Waals surface area (Å²) >= 11 is 0. The molecule has 0 aliphatic carbocycles. The zero-order chi connectivity index (χ0) is 28.0. The van der Waals surface area contributed by atoms with Gasteiger partial charge < -0.3 is 14.6 Å². The smallest absolute Gasteiger partial charge is 0.293 e. The maximum Gasteiger partial charge on any atom is 0.293 e. The van der Waals surface area contributed by atoms with E-state index >= 15 is 0 Å². The summed E-state index contributed by atoms with van der Waals surface area (Å²) in [6, 6.07) is 4.87. The van der Waals surface area contributed by atoms with E-state index in [1.54, 1.807) is 12.1 Å². The summed E-state index contributed by atoms with van der Waals surface area (Å²) in [5.41, 5.74) is 7.01. The van der Waals surface area contributed by atoms with Gasteiger partial charge in [0, 0.05) is 23.8 Å². The lowest BCUT2D eigenvalue weighted by Crippen LogP contribution is -2.06. The quantitative estimate of drug-likeness (QED) is 0.0989. The van der Waals surface area contributed by atoms with Crippen molar-refractivity contribution in [2.45, 2.75) is 54.9 Å². The molecule has 0 aliphatic rings. The molecule has 0 fully saturated rings. The Morgan fingerprint density at radius 1 is 1.03 bits per heavy atom. The van der Waals surface area contributed by atoms with Crippen LogP contribution in [-0.4, -0.2) is 36.3 Å². The topological polar surface area (TPSA) is 80.5 Å². The number of aromatic hydroxyl groups is 1. The Labute approximate surface area is 221 Å². The normalized spacial score (nSPS) is 12.9. The summed E-state index contributed by atoms with van der Waals surface area (Å²) < 4.78 is 10.1. The zero-order valence-electron chi connectivity index (χ0n) is 23.2. The van der Waals surface area contributed by atoms with Crippen LogP contribution in [0, 0.1) is 0 Å². The third-order valence-electron chi connectivity index (χ3n) is 5.21. The van der Waals surface area contributed by atoms with Crippen molar-refractivity contribution in [3.63, 3.8) is 0 Å². The molecule has 1 rings (SSSR count). The lowest BCUT2D eigenvalue weighted by atomic mass is 10.0. The van der Waals surface area contributed by atoms with Gasteiger partial charge in [-0.05, 0) is 66.2 Å². The molecular weight excluding hydrogens is 464 g/mol. The van der Waals surface area contributed by atoms with Crippen molar-refractivity contribution in [2.24, 2.45) is 9.98 Å². The predicted molar refractivity (Wildman–Crippen MR) is 155 cm³/mol. The van der Waals surface area contributed by atoms with Crippen molar-refractivity contribution in [1.29, 1.82) is 0 Å². The molecule has 0 saturated carbocycles. The minimum atomic E-state index is -0.0194. The number of ether oxygens (including phenoxy) is 2. The largest absolute Gasteiger partial charge is 0.507 e. The number of carbonyl (C=O) groups excluding carboxylic acids is 1. The number of rotatable bonds is 13. The minimum absolute atomic E-state index is 0.0194. The van der Waals surface area contributed by atoms with Crippen molar-refractivity contribution >= 4 is 23.7 Å². The highest BCUT2D eigenvalue weighted by atomic mass is 16.5. The highest BCUT2D eigenvalue weighted by molar-refractivity contribution is 6.09. The van der Waals surface area contributed by atoms with E-state index in [1.807, 2.05) is 66.7 Å². The van der Waals surface area contributed by atoms with E-state index in [-0.39, 0.29) is 19.0 Å². The average Bonchev–Trinajstić information content (AvgIpc) is 2.81. The molecule has 6 heteroatoms. The molecular formula is C31H40N2O4. The van der Waals surface area contributed by atoms with Crippen molar-refractivity contribution in [2.75, 3.05) is 13.2 Å².